The highest BCUT2D eigenvalue weighted by Crippen LogP contribution is 2.32. The molecule has 0 spiro atoms. The Bertz CT molecular complexity index is 1590. The molecule has 41 heavy (non-hydrogen) atoms. The molecule has 2 aromatic carbocycles. The highest BCUT2D eigenvalue weighted by Gasteiger charge is 2.30. The molecule has 10 nitrogen and oxygen atoms in total. The number of hydrogen-bond acceptors (Lipinski definition) is 8. The second-order valence-electron chi connectivity index (χ2n) is 10.6. The highest BCUT2D eigenvalue weighted by molar-refractivity contribution is 7.89. The van der Waals surface area contributed by atoms with Crippen LogP contribution < -0.4 is 9.46 Å². The first-order valence-corrected chi connectivity index (χ1v) is 15.4. The molecule has 12 heteroatoms. The summed E-state index contributed by atoms with van der Waals surface area (Å²) in [5.74, 6) is -0.115. The molecule has 0 aliphatic heterocycles. The Kier molecular flexibility index (Phi) is 8.93. The van der Waals surface area contributed by atoms with Gasteiger partial charge < -0.3 is 24.8 Å². The number of fused-ring (bicyclic) bond motifs is 1. The quantitative estimate of drug-likeness (QED) is 0.216. The molecule has 1 aliphatic carbocycles. The number of likely N-dealkylation sites (N-methyl/N-ethyl adjacent to an activating group) is 1. The molecule has 2 aromatic heterocycles. The van der Waals surface area contributed by atoms with Crippen molar-refractivity contribution in [1.82, 2.24) is 24.6 Å². The number of halogens is 1. The van der Waals surface area contributed by atoms with E-state index in [0.717, 1.165) is 23.1 Å². The summed E-state index contributed by atoms with van der Waals surface area (Å²) in [6.45, 7) is 0.920. The predicted molar refractivity (Wildman–Crippen MR) is 158 cm³/mol. The largest absolute Gasteiger partial charge is 0.461 e. The fourth-order valence-corrected chi connectivity index (χ4v) is 6.22. The molecular weight excluding hydrogens is 566 g/mol. The summed E-state index contributed by atoms with van der Waals surface area (Å²) in [6.07, 6.45) is 1.03. The van der Waals surface area contributed by atoms with E-state index in [9.17, 15) is 18.6 Å². The maximum absolute atomic E-state index is 12.5. The number of ether oxygens (including phenoxy) is 1. The summed E-state index contributed by atoms with van der Waals surface area (Å²) in [5.41, 5.74) is 4.29. The minimum atomic E-state index is -3.57. The van der Waals surface area contributed by atoms with Crippen LogP contribution in [-0.2, 0) is 10.0 Å². The van der Waals surface area contributed by atoms with Crippen LogP contribution in [0.15, 0.2) is 59.5 Å². The van der Waals surface area contributed by atoms with Crippen LogP contribution in [0.4, 0.5) is 0 Å². The molecule has 0 saturated heterocycles. The fraction of sp³-hybridized carbons (Fsp3) is 0.379. The summed E-state index contributed by atoms with van der Waals surface area (Å²) >= 11 is 6.59. The van der Waals surface area contributed by atoms with E-state index >= 15 is 0 Å². The molecule has 1 saturated carbocycles. The van der Waals surface area contributed by atoms with Crippen molar-refractivity contribution in [3.05, 3.63) is 59.6 Å². The minimum Gasteiger partial charge on any atom is -0.461 e. The third kappa shape index (κ3) is 6.88. The lowest BCUT2D eigenvalue weighted by Gasteiger charge is -2.31. The summed E-state index contributed by atoms with van der Waals surface area (Å²) in [6, 6.07) is 16.5. The highest BCUT2D eigenvalue weighted by atomic mass is 35.5. The van der Waals surface area contributed by atoms with Gasteiger partial charge >= 0.3 is 0 Å². The van der Waals surface area contributed by atoms with Crippen molar-refractivity contribution in [2.45, 2.75) is 36.4 Å². The van der Waals surface area contributed by atoms with Gasteiger partial charge in [-0.25, -0.2) is 18.1 Å². The SMILES string of the molecule is CN(C)CCNS(=O)(=O)c1ccc(-c2ccc(-c3nc4nc(O[C@H]5CC[C@H](CO)[C@@H](O)C5)[nH]c4cc3Cl)cc2)cc1. The average molecular weight is 600 g/mol. The zero-order valence-corrected chi connectivity index (χ0v) is 24.5. The van der Waals surface area contributed by atoms with E-state index in [1.54, 1.807) is 30.3 Å². The second-order valence-corrected chi connectivity index (χ2v) is 12.8. The van der Waals surface area contributed by atoms with Crippen molar-refractivity contribution in [3.8, 4) is 28.4 Å². The number of aliphatic hydroxyl groups is 2. The molecule has 1 aliphatic rings. The molecule has 0 amide bonds. The van der Waals surface area contributed by atoms with Gasteiger partial charge in [0.2, 0.25) is 10.0 Å². The number of benzene rings is 2. The maximum Gasteiger partial charge on any atom is 0.296 e. The Morgan fingerprint density at radius 1 is 1.05 bits per heavy atom. The Balaban J connectivity index is 1.28. The third-order valence-corrected chi connectivity index (χ3v) is 9.10. The summed E-state index contributed by atoms with van der Waals surface area (Å²) in [4.78, 5) is 14.4. The average Bonchev–Trinajstić information content (AvgIpc) is 3.33. The van der Waals surface area contributed by atoms with Crippen molar-refractivity contribution in [2.24, 2.45) is 5.92 Å². The number of sulfonamides is 1. The monoisotopic (exact) mass is 599 g/mol. The summed E-state index contributed by atoms with van der Waals surface area (Å²) in [5, 5.41) is 20.0. The van der Waals surface area contributed by atoms with E-state index in [4.69, 9.17) is 16.3 Å². The van der Waals surface area contributed by atoms with Crippen molar-refractivity contribution in [3.63, 3.8) is 0 Å². The normalized spacial score (nSPS) is 19.6. The molecule has 5 rings (SSSR count). The molecule has 1 fully saturated rings. The minimum absolute atomic E-state index is 0.0312. The van der Waals surface area contributed by atoms with Crippen LogP contribution in [0, 0.1) is 5.92 Å². The van der Waals surface area contributed by atoms with E-state index in [-0.39, 0.29) is 23.5 Å². The summed E-state index contributed by atoms with van der Waals surface area (Å²) in [7, 11) is 0.207. The van der Waals surface area contributed by atoms with Crippen molar-refractivity contribution < 1.29 is 23.4 Å². The fourth-order valence-electron chi connectivity index (χ4n) is 4.94. The number of imidazole rings is 1. The Labute approximate surface area is 244 Å². The Morgan fingerprint density at radius 2 is 1.71 bits per heavy atom. The van der Waals surface area contributed by atoms with Gasteiger partial charge in [0.25, 0.3) is 6.01 Å². The van der Waals surface area contributed by atoms with Crippen LogP contribution in [0.3, 0.4) is 0 Å². The van der Waals surface area contributed by atoms with Gasteiger partial charge in [-0.3, -0.25) is 0 Å². The predicted octanol–water partition coefficient (Wildman–Crippen LogP) is 3.69. The topological polar surface area (TPSA) is 141 Å². The zero-order valence-electron chi connectivity index (χ0n) is 22.9. The summed E-state index contributed by atoms with van der Waals surface area (Å²) < 4.78 is 33.7. The van der Waals surface area contributed by atoms with Crippen LogP contribution in [0.2, 0.25) is 5.02 Å². The van der Waals surface area contributed by atoms with Crippen molar-refractivity contribution in [1.29, 1.82) is 0 Å². The number of nitrogens with zero attached hydrogens (tertiary/aromatic N) is 3. The molecule has 0 bridgehead atoms. The number of aromatic amines is 1. The molecular formula is C29H34ClN5O5S. The van der Waals surface area contributed by atoms with Gasteiger partial charge in [0.15, 0.2) is 5.65 Å². The Hall–Kier alpha value is -3.06. The van der Waals surface area contributed by atoms with Gasteiger partial charge in [-0.05, 0) is 56.3 Å². The molecule has 4 aromatic rings. The molecule has 2 heterocycles. The zero-order chi connectivity index (χ0) is 29.1. The van der Waals surface area contributed by atoms with Crippen molar-refractivity contribution >= 4 is 32.8 Å². The number of H-pyrrole nitrogens is 1. The van der Waals surface area contributed by atoms with Gasteiger partial charge in [-0.1, -0.05) is 48.0 Å². The Morgan fingerprint density at radius 3 is 2.34 bits per heavy atom. The molecule has 0 unspecified atom stereocenters. The van der Waals surface area contributed by atoms with Crippen LogP contribution in [0.5, 0.6) is 6.01 Å². The first kappa shape index (κ1) is 29.4. The van der Waals surface area contributed by atoms with Crippen LogP contribution in [0.1, 0.15) is 19.3 Å². The first-order chi connectivity index (χ1) is 19.6. The van der Waals surface area contributed by atoms with E-state index in [0.29, 0.717) is 53.8 Å². The smallest absolute Gasteiger partial charge is 0.296 e. The number of nitrogens with one attached hydrogen (secondary N) is 2. The lowest BCUT2D eigenvalue weighted by Crippen LogP contribution is -2.36. The lowest BCUT2D eigenvalue weighted by atomic mass is 9.85. The standard InChI is InChI=1S/C29H34ClN5O5S/c1-35(2)14-13-31-41(38,39)23-11-8-19(9-12-23)18-3-5-20(6-4-18)27-24(30)16-25-28(33-27)34-29(32-25)40-22-10-7-21(17-36)26(37)15-22/h3-6,8-9,11-12,16,21-22,26,31,36-37H,7,10,13-15,17H2,1-2H3,(H,32,33,34)/t21-,22+,26+/m1/s1. The lowest BCUT2D eigenvalue weighted by molar-refractivity contribution is -0.0113. The van der Waals surface area contributed by atoms with Gasteiger partial charge in [-0.2, -0.15) is 4.98 Å². The van der Waals surface area contributed by atoms with Crippen LogP contribution in [-0.4, -0.2) is 84.5 Å². The van der Waals surface area contributed by atoms with Crippen LogP contribution in [0.25, 0.3) is 33.5 Å². The van der Waals surface area contributed by atoms with Crippen LogP contribution >= 0.6 is 11.6 Å². The van der Waals surface area contributed by atoms with E-state index in [1.165, 1.54) is 0 Å². The van der Waals surface area contributed by atoms with Gasteiger partial charge in [-0.15, -0.1) is 0 Å². The molecule has 3 atom stereocenters. The van der Waals surface area contributed by atoms with E-state index in [2.05, 4.69) is 19.7 Å². The number of pyridine rings is 1. The molecule has 0 radical (unpaired) electrons. The van der Waals surface area contributed by atoms with Gasteiger partial charge in [0.05, 0.1) is 27.2 Å². The van der Waals surface area contributed by atoms with Gasteiger partial charge in [0.1, 0.15) is 6.10 Å². The van der Waals surface area contributed by atoms with Crippen molar-refractivity contribution in [2.75, 3.05) is 33.8 Å². The van der Waals surface area contributed by atoms with Gasteiger partial charge in [0, 0.05) is 37.6 Å². The number of rotatable bonds is 10. The number of aromatic nitrogens is 3. The molecule has 4 N–H and O–H groups in total. The number of hydrogen-bond donors (Lipinski definition) is 4. The first-order valence-electron chi connectivity index (χ1n) is 13.5. The van der Waals surface area contributed by atoms with E-state index < -0.39 is 16.1 Å². The third-order valence-electron chi connectivity index (χ3n) is 7.33. The number of aliphatic hydroxyl groups excluding tert-OH is 2. The molecule has 218 valence electrons. The van der Waals surface area contributed by atoms with E-state index in [1.807, 2.05) is 43.3 Å². The maximum atomic E-state index is 12.5. The second kappa shape index (κ2) is 12.4.